The second-order valence-electron chi connectivity index (χ2n) is 4.10. The van der Waals surface area contributed by atoms with E-state index in [0.29, 0.717) is 12.3 Å². The largest absolute Gasteiger partial charge is 0.329 e. The molecule has 6 heteroatoms. The van der Waals surface area contributed by atoms with Gasteiger partial charge in [0.1, 0.15) is 0 Å². The molecule has 0 aliphatic carbocycles. The second-order valence-corrected chi connectivity index (χ2v) is 5.95. The van der Waals surface area contributed by atoms with E-state index in [1.807, 2.05) is 18.6 Å². The van der Waals surface area contributed by atoms with Crippen LogP contribution in [0.1, 0.15) is 27.2 Å². The van der Waals surface area contributed by atoms with Crippen molar-refractivity contribution in [2.75, 3.05) is 12.3 Å². The van der Waals surface area contributed by atoms with E-state index in [9.17, 15) is 13.2 Å². The SMILES string of the molecule is CC(C)C[C@@H](C)C(=O)NS(=O)(=O)CCN. The standard InChI is InChI=1S/C9H20N2O3S/c1-7(2)6-8(3)9(12)11-15(13,14)5-4-10/h7-8H,4-6,10H2,1-3H3,(H,11,12)/t8-/m1/s1. The van der Waals surface area contributed by atoms with Crippen LogP contribution in [-0.4, -0.2) is 26.6 Å². The Bertz CT molecular complexity index is 298. The van der Waals surface area contributed by atoms with Gasteiger partial charge in [0.15, 0.2) is 0 Å². The van der Waals surface area contributed by atoms with Gasteiger partial charge in [-0.3, -0.25) is 9.52 Å². The molecule has 0 bridgehead atoms. The molecule has 0 saturated carbocycles. The number of nitrogens with one attached hydrogen (secondary N) is 1. The van der Waals surface area contributed by atoms with Crippen LogP contribution in [0, 0.1) is 11.8 Å². The molecule has 0 aromatic rings. The fourth-order valence-electron chi connectivity index (χ4n) is 1.27. The quantitative estimate of drug-likeness (QED) is 0.683. The van der Waals surface area contributed by atoms with Gasteiger partial charge in [0, 0.05) is 12.5 Å². The molecule has 0 saturated heterocycles. The van der Waals surface area contributed by atoms with Gasteiger partial charge in [-0.15, -0.1) is 0 Å². The fraction of sp³-hybridized carbons (Fsp3) is 0.889. The molecule has 0 aliphatic heterocycles. The van der Waals surface area contributed by atoms with Gasteiger partial charge in [0.05, 0.1) is 5.75 Å². The van der Waals surface area contributed by atoms with Gasteiger partial charge in [-0.2, -0.15) is 0 Å². The zero-order valence-corrected chi connectivity index (χ0v) is 10.3. The highest BCUT2D eigenvalue weighted by Crippen LogP contribution is 2.10. The highest BCUT2D eigenvalue weighted by molar-refractivity contribution is 7.90. The molecule has 0 aromatic carbocycles. The van der Waals surface area contributed by atoms with Crippen molar-refractivity contribution < 1.29 is 13.2 Å². The lowest BCUT2D eigenvalue weighted by Gasteiger charge is -2.13. The van der Waals surface area contributed by atoms with E-state index in [1.165, 1.54) is 0 Å². The van der Waals surface area contributed by atoms with Crippen molar-refractivity contribution in [3.63, 3.8) is 0 Å². The van der Waals surface area contributed by atoms with Gasteiger partial charge in [0.2, 0.25) is 15.9 Å². The Kier molecular flexibility index (Phi) is 5.82. The Hall–Kier alpha value is -0.620. The molecule has 0 fully saturated rings. The average Bonchev–Trinajstić information content (AvgIpc) is 2.01. The molecule has 1 atom stereocenters. The summed E-state index contributed by atoms with van der Waals surface area (Å²) in [7, 11) is -3.54. The first kappa shape index (κ1) is 14.4. The van der Waals surface area contributed by atoms with Crippen LogP contribution < -0.4 is 10.5 Å². The van der Waals surface area contributed by atoms with Crippen molar-refractivity contribution in [1.29, 1.82) is 0 Å². The predicted octanol–water partition coefficient (Wildman–Crippen LogP) is 0.0733. The van der Waals surface area contributed by atoms with Crippen LogP contribution in [0.2, 0.25) is 0 Å². The van der Waals surface area contributed by atoms with Crippen molar-refractivity contribution in [2.24, 2.45) is 17.6 Å². The van der Waals surface area contributed by atoms with Gasteiger partial charge in [-0.1, -0.05) is 20.8 Å². The van der Waals surface area contributed by atoms with E-state index < -0.39 is 15.9 Å². The van der Waals surface area contributed by atoms with Gasteiger partial charge < -0.3 is 5.73 Å². The van der Waals surface area contributed by atoms with Crippen molar-refractivity contribution in [2.45, 2.75) is 27.2 Å². The Morgan fingerprint density at radius 3 is 2.27 bits per heavy atom. The summed E-state index contributed by atoms with van der Waals surface area (Å²) < 4.78 is 24.5. The Morgan fingerprint density at radius 2 is 1.87 bits per heavy atom. The monoisotopic (exact) mass is 236 g/mol. The molecule has 15 heavy (non-hydrogen) atoms. The summed E-state index contributed by atoms with van der Waals surface area (Å²) in [6.45, 7) is 5.70. The van der Waals surface area contributed by atoms with Crippen LogP contribution in [0.5, 0.6) is 0 Å². The second kappa shape index (κ2) is 6.07. The maximum atomic E-state index is 11.4. The van der Waals surface area contributed by atoms with Crippen molar-refractivity contribution in [3.8, 4) is 0 Å². The van der Waals surface area contributed by atoms with Crippen LogP contribution in [0.15, 0.2) is 0 Å². The molecule has 0 rings (SSSR count). The topological polar surface area (TPSA) is 89.3 Å². The van der Waals surface area contributed by atoms with Gasteiger partial charge in [-0.25, -0.2) is 8.42 Å². The van der Waals surface area contributed by atoms with E-state index in [1.54, 1.807) is 6.92 Å². The Balaban J connectivity index is 4.24. The van der Waals surface area contributed by atoms with E-state index in [4.69, 9.17) is 5.73 Å². The number of sulfonamides is 1. The predicted molar refractivity (Wildman–Crippen MR) is 59.6 cm³/mol. The van der Waals surface area contributed by atoms with Crippen LogP contribution in [0.4, 0.5) is 0 Å². The molecule has 1 amide bonds. The smallest absolute Gasteiger partial charge is 0.236 e. The number of carbonyl (C=O) groups excluding carboxylic acids is 1. The lowest BCUT2D eigenvalue weighted by molar-refractivity contribution is -0.123. The first-order chi connectivity index (χ1) is 6.78. The molecule has 90 valence electrons. The number of hydrogen-bond donors (Lipinski definition) is 2. The van der Waals surface area contributed by atoms with Crippen LogP contribution in [0.3, 0.4) is 0 Å². The molecular formula is C9H20N2O3S. The zero-order valence-electron chi connectivity index (χ0n) is 9.49. The number of rotatable bonds is 6. The van der Waals surface area contributed by atoms with Gasteiger partial charge >= 0.3 is 0 Å². The molecular weight excluding hydrogens is 216 g/mol. The van der Waals surface area contributed by atoms with Gasteiger partial charge in [-0.05, 0) is 12.3 Å². The van der Waals surface area contributed by atoms with Crippen LogP contribution in [-0.2, 0) is 14.8 Å². The molecule has 5 nitrogen and oxygen atoms in total. The number of nitrogens with two attached hydrogens (primary N) is 1. The third-order valence-corrected chi connectivity index (χ3v) is 3.20. The Labute approximate surface area is 91.5 Å². The molecule has 0 aliphatic rings. The first-order valence-electron chi connectivity index (χ1n) is 5.03. The van der Waals surface area contributed by atoms with E-state index in [2.05, 4.69) is 0 Å². The lowest BCUT2D eigenvalue weighted by Crippen LogP contribution is -2.38. The minimum Gasteiger partial charge on any atom is -0.329 e. The Morgan fingerprint density at radius 1 is 1.33 bits per heavy atom. The van der Waals surface area contributed by atoms with Crippen molar-refractivity contribution in [3.05, 3.63) is 0 Å². The van der Waals surface area contributed by atoms with E-state index >= 15 is 0 Å². The molecule has 0 heterocycles. The summed E-state index contributed by atoms with van der Waals surface area (Å²) in [5.74, 6) is -0.592. The maximum absolute atomic E-state index is 11.4. The normalized spacial score (nSPS) is 13.9. The molecule has 0 unspecified atom stereocenters. The first-order valence-corrected chi connectivity index (χ1v) is 6.68. The van der Waals surface area contributed by atoms with Crippen molar-refractivity contribution >= 4 is 15.9 Å². The van der Waals surface area contributed by atoms with Crippen LogP contribution >= 0.6 is 0 Å². The maximum Gasteiger partial charge on any atom is 0.236 e. The minimum atomic E-state index is -3.54. The highest BCUT2D eigenvalue weighted by Gasteiger charge is 2.19. The van der Waals surface area contributed by atoms with Crippen molar-refractivity contribution in [1.82, 2.24) is 4.72 Å². The summed E-state index contributed by atoms with van der Waals surface area (Å²) >= 11 is 0. The summed E-state index contributed by atoms with van der Waals surface area (Å²) in [5.41, 5.74) is 5.12. The van der Waals surface area contributed by atoms with Gasteiger partial charge in [0.25, 0.3) is 0 Å². The highest BCUT2D eigenvalue weighted by atomic mass is 32.2. The average molecular weight is 236 g/mol. The van der Waals surface area contributed by atoms with E-state index in [-0.39, 0.29) is 18.2 Å². The zero-order chi connectivity index (χ0) is 12.1. The number of carbonyl (C=O) groups is 1. The summed E-state index contributed by atoms with van der Waals surface area (Å²) in [6, 6.07) is 0. The minimum absolute atomic E-state index is 0.0151. The van der Waals surface area contributed by atoms with E-state index in [0.717, 1.165) is 0 Å². The number of hydrogen-bond acceptors (Lipinski definition) is 4. The molecule has 0 spiro atoms. The number of amides is 1. The molecule has 0 radical (unpaired) electrons. The molecule has 3 N–H and O–H groups in total. The summed E-state index contributed by atoms with van der Waals surface area (Å²) in [6.07, 6.45) is 0.671. The lowest BCUT2D eigenvalue weighted by atomic mass is 9.99. The third-order valence-electron chi connectivity index (χ3n) is 1.92. The summed E-state index contributed by atoms with van der Waals surface area (Å²) in [4.78, 5) is 11.4. The third kappa shape index (κ3) is 6.46. The fourth-order valence-corrected chi connectivity index (χ4v) is 2.19. The van der Waals surface area contributed by atoms with Crippen LogP contribution in [0.25, 0.3) is 0 Å². The summed E-state index contributed by atoms with van der Waals surface area (Å²) in [5, 5.41) is 0. The molecule has 0 aromatic heterocycles.